The van der Waals surface area contributed by atoms with Gasteiger partial charge in [0.1, 0.15) is 5.76 Å². The molecule has 0 radical (unpaired) electrons. The van der Waals surface area contributed by atoms with Crippen LogP contribution in [0.2, 0.25) is 0 Å². The summed E-state index contributed by atoms with van der Waals surface area (Å²) in [6.45, 7) is 5.08. The SMILES string of the molecule is CC(=O)OC1=C(C)OC(OC(C)=O)C1OC(C)=O. The Morgan fingerprint density at radius 3 is 2.00 bits per heavy atom. The van der Waals surface area contributed by atoms with Crippen LogP contribution < -0.4 is 0 Å². The Morgan fingerprint density at radius 1 is 1.00 bits per heavy atom. The zero-order valence-electron chi connectivity index (χ0n) is 10.5. The number of esters is 3. The minimum absolute atomic E-state index is 0.0314. The van der Waals surface area contributed by atoms with Gasteiger partial charge in [0, 0.05) is 20.8 Å². The highest BCUT2D eigenvalue weighted by Gasteiger charge is 2.42. The summed E-state index contributed by atoms with van der Waals surface area (Å²) in [5, 5.41) is 0. The smallest absolute Gasteiger partial charge is 0.307 e. The molecule has 0 fully saturated rings. The van der Waals surface area contributed by atoms with Crippen molar-refractivity contribution >= 4 is 17.9 Å². The zero-order valence-corrected chi connectivity index (χ0v) is 10.5. The van der Waals surface area contributed by atoms with E-state index >= 15 is 0 Å². The number of hydrogen-bond donors (Lipinski definition) is 0. The quantitative estimate of drug-likeness (QED) is 0.542. The van der Waals surface area contributed by atoms with E-state index in [0.717, 1.165) is 0 Å². The predicted molar refractivity (Wildman–Crippen MR) is 56.7 cm³/mol. The lowest BCUT2D eigenvalue weighted by molar-refractivity contribution is -0.189. The van der Waals surface area contributed by atoms with Crippen LogP contribution in [0.25, 0.3) is 0 Å². The summed E-state index contributed by atoms with van der Waals surface area (Å²) in [5.41, 5.74) is 0. The molecule has 0 aromatic carbocycles. The number of hydrogen-bond acceptors (Lipinski definition) is 7. The molecule has 1 heterocycles. The lowest BCUT2D eigenvalue weighted by Crippen LogP contribution is -2.33. The molecule has 0 N–H and O–H groups in total. The van der Waals surface area contributed by atoms with Crippen LogP contribution in [0.15, 0.2) is 11.5 Å². The van der Waals surface area contributed by atoms with Crippen molar-refractivity contribution in [2.75, 3.05) is 0 Å². The first kappa shape index (κ1) is 14.0. The fraction of sp³-hybridized carbons (Fsp3) is 0.545. The van der Waals surface area contributed by atoms with Crippen molar-refractivity contribution in [2.24, 2.45) is 0 Å². The van der Waals surface area contributed by atoms with E-state index in [9.17, 15) is 14.4 Å². The lowest BCUT2D eigenvalue weighted by Gasteiger charge is -2.19. The van der Waals surface area contributed by atoms with Crippen LogP contribution in [0.1, 0.15) is 27.7 Å². The molecule has 2 atom stereocenters. The summed E-state index contributed by atoms with van der Waals surface area (Å²) in [4.78, 5) is 32.8. The Balaban J connectivity index is 2.91. The molecule has 18 heavy (non-hydrogen) atoms. The molecule has 0 aromatic heterocycles. The van der Waals surface area contributed by atoms with Gasteiger partial charge in [-0.2, -0.15) is 0 Å². The molecule has 0 saturated heterocycles. The second-order valence-corrected chi connectivity index (χ2v) is 3.64. The van der Waals surface area contributed by atoms with Crippen LogP contribution in [0, 0.1) is 0 Å². The molecule has 0 aromatic rings. The molecule has 1 aliphatic rings. The van der Waals surface area contributed by atoms with Crippen LogP contribution >= 0.6 is 0 Å². The standard InChI is InChI=1S/C11H14O7/c1-5-9(16-6(2)12)10(17-7(3)13)11(15-5)18-8(4)14/h10-11H,1-4H3. The fourth-order valence-electron chi connectivity index (χ4n) is 1.44. The maximum absolute atomic E-state index is 11.0. The van der Waals surface area contributed by atoms with E-state index in [1.54, 1.807) is 0 Å². The largest absolute Gasteiger partial charge is 0.452 e. The molecule has 0 saturated carbocycles. The van der Waals surface area contributed by atoms with Crippen molar-refractivity contribution < 1.29 is 33.3 Å². The molecule has 7 heteroatoms. The number of rotatable bonds is 3. The monoisotopic (exact) mass is 258 g/mol. The van der Waals surface area contributed by atoms with E-state index in [4.69, 9.17) is 18.9 Å². The van der Waals surface area contributed by atoms with Gasteiger partial charge in [0.15, 0.2) is 5.76 Å². The average Bonchev–Trinajstić information content (AvgIpc) is 2.43. The van der Waals surface area contributed by atoms with Gasteiger partial charge in [0.05, 0.1) is 0 Å². The highest BCUT2D eigenvalue weighted by molar-refractivity contribution is 5.69. The molecule has 0 bridgehead atoms. The van der Waals surface area contributed by atoms with Gasteiger partial charge >= 0.3 is 17.9 Å². The van der Waals surface area contributed by atoms with Gasteiger partial charge in [-0.3, -0.25) is 14.4 Å². The molecule has 1 rings (SSSR count). The minimum atomic E-state index is -1.14. The number of carbonyl (C=O) groups excluding carboxylic acids is 3. The van der Waals surface area contributed by atoms with E-state index in [2.05, 4.69) is 0 Å². The second kappa shape index (κ2) is 5.52. The zero-order chi connectivity index (χ0) is 13.9. The molecule has 0 amide bonds. The molecular formula is C11H14O7. The fourth-order valence-corrected chi connectivity index (χ4v) is 1.44. The van der Waals surface area contributed by atoms with Gasteiger partial charge in [-0.15, -0.1) is 0 Å². The van der Waals surface area contributed by atoms with Crippen molar-refractivity contribution in [3.05, 3.63) is 11.5 Å². The summed E-state index contributed by atoms with van der Waals surface area (Å²) in [7, 11) is 0. The number of ether oxygens (including phenoxy) is 4. The van der Waals surface area contributed by atoms with E-state index < -0.39 is 30.3 Å². The Morgan fingerprint density at radius 2 is 1.56 bits per heavy atom. The van der Waals surface area contributed by atoms with Crippen molar-refractivity contribution in [1.29, 1.82) is 0 Å². The molecule has 2 unspecified atom stereocenters. The van der Waals surface area contributed by atoms with Gasteiger partial charge in [-0.05, 0) is 6.92 Å². The van der Waals surface area contributed by atoms with Gasteiger partial charge in [0.2, 0.25) is 6.10 Å². The van der Waals surface area contributed by atoms with Gasteiger partial charge in [-0.25, -0.2) is 0 Å². The van der Waals surface area contributed by atoms with Gasteiger partial charge in [-0.1, -0.05) is 0 Å². The van der Waals surface area contributed by atoms with Crippen molar-refractivity contribution in [1.82, 2.24) is 0 Å². The Hall–Kier alpha value is -2.05. The molecule has 7 nitrogen and oxygen atoms in total. The third-order valence-corrected chi connectivity index (χ3v) is 1.97. The minimum Gasteiger partial charge on any atom is -0.452 e. The summed E-state index contributed by atoms with van der Waals surface area (Å²) in [6, 6.07) is 0. The van der Waals surface area contributed by atoms with Crippen molar-refractivity contribution in [3.63, 3.8) is 0 Å². The molecule has 0 spiro atoms. The Bertz CT molecular complexity index is 410. The number of allylic oxidation sites excluding steroid dienone is 1. The van der Waals surface area contributed by atoms with Crippen molar-refractivity contribution in [3.8, 4) is 0 Å². The normalized spacial score (nSPS) is 22.2. The predicted octanol–water partition coefficient (Wildman–Crippen LogP) is 0.632. The third-order valence-electron chi connectivity index (χ3n) is 1.97. The van der Waals surface area contributed by atoms with Gasteiger partial charge < -0.3 is 18.9 Å². The first-order valence-corrected chi connectivity index (χ1v) is 5.21. The topological polar surface area (TPSA) is 88.1 Å². The lowest BCUT2D eigenvalue weighted by atomic mass is 10.3. The maximum Gasteiger partial charge on any atom is 0.307 e. The summed E-state index contributed by atoms with van der Waals surface area (Å²) < 4.78 is 19.8. The first-order valence-electron chi connectivity index (χ1n) is 5.21. The van der Waals surface area contributed by atoms with E-state index in [1.165, 1.54) is 27.7 Å². The second-order valence-electron chi connectivity index (χ2n) is 3.64. The Labute approximate surface area is 104 Å². The van der Waals surface area contributed by atoms with E-state index in [0.29, 0.717) is 0 Å². The van der Waals surface area contributed by atoms with E-state index in [-0.39, 0.29) is 11.5 Å². The molecular weight excluding hydrogens is 244 g/mol. The summed E-state index contributed by atoms with van der Waals surface area (Å²) >= 11 is 0. The highest BCUT2D eigenvalue weighted by Crippen LogP contribution is 2.29. The summed E-state index contributed by atoms with van der Waals surface area (Å²) in [5.74, 6) is -1.55. The Kier molecular flexibility index (Phi) is 4.30. The highest BCUT2D eigenvalue weighted by atomic mass is 16.7. The van der Waals surface area contributed by atoms with Crippen LogP contribution in [0.3, 0.4) is 0 Å². The van der Waals surface area contributed by atoms with Crippen LogP contribution in [0.4, 0.5) is 0 Å². The van der Waals surface area contributed by atoms with Crippen molar-refractivity contribution in [2.45, 2.75) is 40.1 Å². The molecule has 100 valence electrons. The van der Waals surface area contributed by atoms with Crippen LogP contribution in [-0.4, -0.2) is 30.3 Å². The maximum atomic E-state index is 11.0. The molecule has 0 aliphatic carbocycles. The van der Waals surface area contributed by atoms with Crippen LogP contribution in [0.5, 0.6) is 0 Å². The summed E-state index contributed by atoms with van der Waals surface area (Å²) in [6.07, 6.45) is -2.21. The van der Waals surface area contributed by atoms with Gasteiger partial charge in [0.25, 0.3) is 6.29 Å². The van der Waals surface area contributed by atoms with Crippen LogP contribution in [-0.2, 0) is 33.3 Å². The average molecular weight is 258 g/mol. The first-order chi connectivity index (χ1) is 8.31. The molecule has 1 aliphatic heterocycles. The third kappa shape index (κ3) is 3.47. The number of carbonyl (C=O) groups is 3. The van der Waals surface area contributed by atoms with E-state index in [1.807, 2.05) is 0 Å².